The van der Waals surface area contributed by atoms with Crippen molar-refractivity contribution in [1.82, 2.24) is 10.2 Å². The molecule has 2 rings (SSSR count). The smallest absolute Gasteiger partial charge is 0.182 e. The van der Waals surface area contributed by atoms with E-state index in [0.717, 1.165) is 0 Å². The van der Waals surface area contributed by atoms with Crippen molar-refractivity contribution in [3.05, 3.63) is 60.4 Å². The zero-order chi connectivity index (χ0) is 11.4. The second-order valence-electron chi connectivity index (χ2n) is 3.40. The lowest BCUT2D eigenvalue weighted by Crippen LogP contribution is -2.23. The van der Waals surface area contributed by atoms with Crippen LogP contribution >= 0.6 is 0 Å². The van der Waals surface area contributed by atoms with Crippen molar-refractivity contribution in [1.29, 1.82) is 0 Å². The number of Topliss-reactive ketones (excluding diaryl/α,β-unsaturated/α-hetero) is 1. The van der Waals surface area contributed by atoms with Crippen LogP contribution in [0.1, 0.15) is 10.4 Å². The Morgan fingerprint density at radius 3 is 2.44 bits per heavy atom. The molecule has 0 saturated carbocycles. The first-order chi connectivity index (χ1) is 7.75. The lowest BCUT2D eigenvalue weighted by molar-refractivity contribution is 0.0969. The van der Waals surface area contributed by atoms with Gasteiger partial charge in [-0.05, 0) is 24.3 Å². The van der Waals surface area contributed by atoms with Gasteiger partial charge in [-0.1, -0.05) is 0 Å². The van der Waals surface area contributed by atoms with Crippen LogP contribution in [-0.2, 0) is 0 Å². The molecule has 0 atom stereocenters. The maximum atomic E-state index is 12.7. The van der Waals surface area contributed by atoms with Gasteiger partial charge in [-0.3, -0.25) is 4.79 Å². The van der Waals surface area contributed by atoms with Crippen molar-refractivity contribution >= 4 is 5.78 Å². The van der Waals surface area contributed by atoms with Crippen LogP contribution in [0.2, 0.25) is 0 Å². The zero-order valence-electron chi connectivity index (χ0n) is 8.56. The molecule has 4 heteroatoms. The molecule has 1 aromatic carbocycles. The average molecular weight is 218 g/mol. The first kappa shape index (κ1) is 10.4. The van der Waals surface area contributed by atoms with Gasteiger partial charge in [0.1, 0.15) is 5.82 Å². The molecule has 82 valence electrons. The summed E-state index contributed by atoms with van der Waals surface area (Å²) in [4.78, 5) is 13.5. The minimum atomic E-state index is -0.335. The highest BCUT2D eigenvalue weighted by atomic mass is 19.1. The van der Waals surface area contributed by atoms with Gasteiger partial charge >= 0.3 is 0 Å². The van der Waals surface area contributed by atoms with Crippen LogP contribution in [0.25, 0.3) is 0 Å². The molecule has 0 unspecified atom stereocenters. The second-order valence-corrected chi connectivity index (χ2v) is 3.40. The number of rotatable bonds is 3. The molecule has 0 spiro atoms. The standard InChI is InChI=1S/C12H11FN2O/c13-11-3-1-10(2-4-11)12(16)9-15-7-5-14-6-8-15/h1-8,14H,9H2. The van der Waals surface area contributed by atoms with Gasteiger partial charge in [0.2, 0.25) is 0 Å². The summed E-state index contributed by atoms with van der Waals surface area (Å²) in [5.74, 6) is -0.380. The quantitative estimate of drug-likeness (QED) is 0.786. The number of hydrogen-bond acceptors (Lipinski definition) is 3. The topological polar surface area (TPSA) is 32.3 Å². The predicted molar refractivity (Wildman–Crippen MR) is 58.9 cm³/mol. The molecule has 1 aliphatic rings. The third-order valence-corrected chi connectivity index (χ3v) is 2.22. The van der Waals surface area contributed by atoms with E-state index in [2.05, 4.69) is 5.32 Å². The summed E-state index contributed by atoms with van der Waals surface area (Å²) in [5.41, 5.74) is 0.515. The molecule has 0 radical (unpaired) electrons. The average Bonchev–Trinajstić information content (AvgIpc) is 2.31. The van der Waals surface area contributed by atoms with Gasteiger partial charge < -0.3 is 10.2 Å². The summed E-state index contributed by atoms with van der Waals surface area (Å²) in [7, 11) is 0. The Morgan fingerprint density at radius 1 is 1.19 bits per heavy atom. The molecule has 1 aliphatic heterocycles. The fourth-order valence-corrected chi connectivity index (χ4v) is 1.38. The molecular formula is C12H11FN2O. The maximum Gasteiger partial charge on any atom is 0.182 e. The minimum absolute atomic E-state index is 0.0452. The van der Waals surface area contributed by atoms with E-state index >= 15 is 0 Å². The Balaban J connectivity index is 2.02. The first-order valence-electron chi connectivity index (χ1n) is 4.89. The summed E-state index contributed by atoms with van der Waals surface area (Å²) in [6.07, 6.45) is 7.00. The van der Waals surface area contributed by atoms with Crippen molar-refractivity contribution in [2.24, 2.45) is 0 Å². The molecule has 0 aromatic heterocycles. The highest BCUT2D eigenvalue weighted by Gasteiger charge is 2.09. The maximum absolute atomic E-state index is 12.7. The number of benzene rings is 1. The summed E-state index contributed by atoms with van der Waals surface area (Å²) in [5, 5.41) is 2.87. The third-order valence-electron chi connectivity index (χ3n) is 2.22. The van der Waals surface area contributed by atoms with Crippen molar-refractivity contribution in [2.45, 2.75) is 0 Å². The Morgan fingerprint density at radius 2 is 1.81 bits per heavy atom. The van der Waals surface area contributed by atoms with E-state index in [9.17, 15) is 9.18 Å². The van der Waals surface area contributed by atoms with Gasteiger partial charge in [-0.15, -0.1) is 0 Å². The monoisotopic (exact) mass is 218 g/mol. The second kappa shape index (κ2) is 4.61. The van der Waals surface area contributed by atoms with E-state index in [1.807, 2.05) is 0 Å². The molecule has 0 amide bonds. The zero-order valence-corrected chi connectivity index (χ0v) is 8.56. The molecule has 16 heavy (non-hydrogen) atoms. The molecule has 0 fully saturated rings. The van der Waals surface area contributed by atoms with Crippen LogP contribution < -0.4 is 5.32 Å². The summed E-state index contributed by atoms with van der Waals surface area (Å²) >= 11 is 0. The van der Waals surface area contributed by atoms with Crippen LogP contribution in [0.4, 0.5) is 4.39 Å². The summed E-state index contributed by atoms with van der Waals surface area (Å²) < 4.78 is 12.7. The number of ketones is 1. The molecular weight excluding hydrogens is 207 g/mol. The van der Waals surface area contributed by atoms with Gasteiger partial charge in [0.25, 0.3) is 0 Å². The Kier molecular flexibility index (Phi) is 3.00. The SMILES string of the molecule is O=C(CN1C=CNC=C1)c1ccc(F)cc1. The largest absolute Gasteiger partial charge is 0.365 e. The molecule has 1 heterocycles. The van der Waals surface area contributed by atoms with E-state index in [4.69, 9.17) is 0 Å². The van der Waals surface area contributed by atoms with Gasteiger partial charge in [0.05, 0.1) is 6.54 Å². The van der Waals surface area contributed by atoms with Gasteiger partial charge in [-0.25, -0.2) is 4.39 Å². The van der Waals surface area contributed by atoms with E-state index in [-0.39, 0.29) is 18.1 Å². The molecule has 3 nitrogen and oxygen atoms in total. The van der Waals surface area contributed by atoms with Crippen molar-refractivity contribution in [3.63, 3.8) is 0 Å². The Hall–Kier alpha value is -2.10. The number of nitrogens with zero attached hydrogens (tertiary/aromatic N) is 1. The van der Waals surface area contributed by atoms with Gasteiger partial charge in [0.15, 0.2) is 5.78 Å². The van der Waals surface area contributed by atoms with Crippen LogP contribution in [0, 0.1) is 5.82 Å². The molecule has 1 N–H and O–H groups in total. The van der Waals surface area contributed by atoms with Crippen molar-refractivity contribution < 1.29 is 9.18 Å². The van der Waals surface area contributed by atoms with E-state index in [1.54, 1.807) is 29.7 Å². The highest BCUT2D eigenvalue weighted by Crippen LogP contribution is 2.06. The fraction of sp³-hybridized carbons (Fsp3) is 0.0833. The van der Waals surface area contributed by atoms with Crippen LogP contribution in [0.5, 0.6) is 0 Å². The number of nitrogens with one attached hydrogen (secondary N) is 1. The van der Waals surface area contributed by atoms with Gasteiger partial charge in [0, 0.05) is 30.4 Å². The molecule has 0 bridgehead atoms. The number of carbonyl (C=O) groups is 1. The summed E-state index contributed by atoms with van der Waals surface area (Å²) in [6, 6.07) is 5.56. The van der Waals surface area contributed by atoms with E-state index in [1.165, 1.54) is 24.3 Å². The Labute approximate surface area is 92.9 Å². The van der Waals surface area contributed by atoms with Crippen molar-refractivity contribution in [2.75, 3.05) is 6.54 Å². The lowest BCUT2D eigenvalue weighted by atomic mass is 10.1. The first-order valence-corrected chi connectivity index (χ1v) is 4.89. The predicted octanol–water partition coefficient (Wildman–Crippen LogP) is 1.86. The Bertz CT molecular complexity index is 425. The van der Waals surface area contributed by atoms with Crippen molar-refractivity contribution in [3.8, 4) is 0 Å². The molecule has 0 aliphatic carbocycles. The normalized spacial score (nSPS) is 13.7. The fourth-order valence-electron chi connectivity index (χ4n) is 1.38. The van der Waals surface area contributed by atoms with Crippen LogP contribution in [0.15, 0.2) is 49.1 Å². The lowest BCUT2D eigenvalue weighted by Gasteiger charge is -2.17. The van der Waals surface area contributed by atoms with Crippen LogP contribution in [0.3, 0.4) is 0 Å². The summed E-state index contributed by atoms with van der Waals surface area (Å²) in [6.45, 7) is 0.250. The number of carbonyl (C=O) groups excluding carboxylic acids is 1. The van der Waals surface area contributed by atoms with Crippen LogP contribution in [-0.4, -0.2) is 17.2 Å². The van der Waals surface area contributed by atoms with Gasteiger partial charge in [-0.2, -0.15) is 0 Å². The van der Waals surface area contributed by atoms with E-state index < -0.39 is 0 Å². The molecule has 0 saturated heterocycles. The minimum Gasteiger partial charge on any atom is -0.365 e. The molecule has 1 aromatic rings. The highest BCUT2D eigenvalue weighted by molar-refractivity contribution is 5.97. The third kappa shape index (κ3) is 2.48. The number of halogens is 1. The number of hydrogen-bond donors (Lipinski definition) is 1. The van der Waals surface area contributed by atoms with E-state index in [0.29, 0.717) is 5.56 Å².